The van der Waals surface area contributed by atoms with Crippen LogP contribution in [0.15, 0.2) is 18.2 Å². The van der Waals surface area contributed by atoms with Gasteiger partial charge in [-0.3, -0.25) is 4.79 Å². The second-order valence-corrected chi connectivity index (χ2v) is 5.20. The molecule has 19 heavy (non-hydrogen) atoms. The van der Waals surface area contributed by atoms with Crippen molar-refractivity contribution in [3.8, 4) is 0 Å². The van der Waals surface area contributed by atoms with Gasteiger partial charge in [-0.2, -0.15) is 0 Å². The van der Waals surface area contributed by atoms with Gasteiger partial charge in [0.05, 0.1) is 12.1 Å². The molecular weight excluding hydrogens is 240 g/mol. The molecule has 0 saturated carbocycles. The molecule has 1 aliphatic rings. The lowest BCUT2D eigenvalue weighted by atomic mass is 10.1. The van der Waals surface area contributed by atoms with Crippen molar-refractivity contribution in [3.05, 3.63) is 29.3 Å². The van der Waals surface area contributed by atoms with Gasteiger partial charge in [-0.1, -0.05) is 6.07 Å². The van der Waals surface area contributed by atoms with Crippen LogP contribution in [0.5, 0.6) is 0 Å². The summed E-state index contributed by atoms with van der Waals surface area (Å²) in [5.74, 6) is 0.0959. The number of nitrogens with one attached hydrogen (secondary N) is 1. The molecule has 0 saturated heterocycles. The summed E-state index contributed by atoms with van der Waals surface area (Å²) in [6.45, 7) is 1.97. The summed E-state index contributed by atoms with van der Waals surface area (Å²) < 4.78 is 5.15. The molecule has 4 heteroatoms. The molecule has 0 fully saturated rings. The molecule has 0 bridgehead atoms. The molecule has 0 heterocycles. The van der Waals surface area contributed by atoms with Crippen LogP contribution in [-0.2, 0) is 16.0 Å². The largest absolute Gasteiger partial charge is 0.399 e. The lowest BCUT2D eigenvalue weighted by Gasteiger charge is -2.15. The first-order valence-corrected chi connectivity index (χ1v) is 6.80. The number of amides is 1. The number of carbonyl (C=O) groups is 1. The molecule has 1 aromatic rings. The number of aryl methyl sites for hydroxylation is 1. The molecule has 3 N–H and O–H groups in total. The van der Waals surface area contributed by atoms with E-state index in [-0.39, 0.29) is 18.1 Å². The Bertz CT molecular complexity index is 459. The monoisotopic (exact) mass is 262 g/mol. The number of hydrogen-bond donors (Lipinski definition) is 2. The fraction of sp³-hybridized carbons (Fsp3) is 0.533. The summed E-state index contributed by atoms with van der Waals surface area (Å²) in [6.07, 6.45) is 3.34. The molecule has 0 spiro atoms. The Morgan fingerprint density at radius 1 is 1.58 bits per heavy atom. The zero-order valence-electron chi connectivity index (χ0n) is 11.6. The van der Waals surface area contributed by atoms with Crippen LogP contribution < -0.4 is 11.1 Å². The quantitative estimate of drug-likeness (QED) is 0.799. The first kappa shape index (κ1) is 13.9. The number of nitrogen functional groups attached to an aromatic ring is 1. The van der Waals surface area contributed by atoms with Crippen LogP contribution in [0.2, 0.25) is 0 Å². The topological polar surface area (TPSA) is 64.3 Å². The molecule has 0 radical (unpaired) electrons. The van der Waals surface area contributed by atoms with E-state index >= 15 is 0 Å². The summed E-state index contributed by atoms with van der Waals surface area (Å²) >= 11 is 0. The highest BCUT2D eigenvalue weighted by Crippen LogP contribution is 2.32. The average molecular weight is 262 g/mol. The fourth-order valence-corrected chi connectivity index (χ4v) is 2.51. The molecular formula is C15H22N2O2. The van der Waals surface area contributed by atoms with Gasteiger partial charge in [0.25, 0.3) is 0 Å². The van der Waals surface area contributed by atoms with E-state index < -0.39 is 0 Å². The highest BCUT2D eigenvalue weighted by Gasteiger charge is 2.23. The third-order valence-corrected chi connectivity index (χ3v) is 3.76. The second-order valence-electron chi connectivity index (χ2n) is 5.20. The number of ether oxygens (including phenoxy) is 1. The Labute approximate surface area is 114 Å². The fourth-order valence-electron chi connectivity index (χ4n) is 2.51. The Kier molecular flexibility index (Phi) is 4.43. The van der Waals surface area contributed by atoms with Crippen LogP contribution in [0.25, 0.3) is 0 Å². The zero-order chi connectivity index (χ0) is 13.8. The van der Waals surface area contributed by atoms with Gasteiger partial charge in [0.15, 0.2) is 0 Å². The smallest absolute Gasteiger partial charge is 0.220 e. The van der Waals surface area contributed by atoms with E-state index in [0.29, 0.717) is 6.42 Å². The minimum atomic E-state index is 0.0959. The lowest BCUT2D eigenvalue weighted by molar-refractivity contribution is -0.122. The van der Waals surface area contributed by atoms with E-state index in [9.17, 15) is 4.79 Å². The second kappa shape index (κ2) is 6.06. The van der Waals surface area contributed by atoms with Crippen LogP contribution in [0.3, 0.4) is 0 Å². The van der Waals surface area contributed by atoms with E-state index in [4.69, 9.17) is 10.5 Å². The molecule has 2 atom stereocenters. The number of carbonyl (C=O) groups excluding carboxylic acids is 1. The van der Waals surface area contributed by atoms with Crippen molar-refractivity contribution in [1.29, 1.82) is 0 Å². The summed E-state index contributed by atoms with van der Waals surface area (Å²) in [7, 11) is 1.67. The van der Waals surface area contributed by atoms with Crippen LogP contribution in [0, 0.1) is 0 Å². The van der Waals surface area contributed by atoms with Gasteiger partial charge in [0.1, 0.15) is 0 Å². The Hall–Kier alpha value is -1.55. The van der Waals surface area contributed by atoms with Crippen LogP contribution >= 0.6 is 0 Å². The van der Waals surface area contributed by atoms with Gasteiger partial charge in [0, 0.05) is 19.2 Å². The van der Waals surface area contributed by atoms with Crippen molar-refractivity contribution in [2.45, 2.75) is 44.8 Å². The summed E-state index contributed by atoms with van der Waals surface area (Å²) in [5, 5.41) is 3.10. The maximum absolute atomic E-state index is 11.9. The SMILES string of the molecule is COC(C)CCC(=O)NC1CCc2cc(N)ccc21. The van der Waals surface area contributed by atoms with Crippen molar-refractivity contribution in [2.75, 3.05) is 12.8 Å². The van der Waals surface area contributed by atoms with Crippen molar-refractivity contribution in [2.24, 2.45) is 0 Å². The molecule has 1 amide bonds. The minimum Gasteiger partial charge on any atom is -0.399 e. The Morgan fingerprint density at radius 3 is 3.11 bits per heavy atom. The molecule has 104 valence electrons. The van der Waals surface area contributed by atoms with Crippen LogP contribution in [0.4, 0.5) is 5.69 Å². The third-order valence-electron chi connectivity index (χ3n) is 3.76. The maximum atomic E-state index is 11.9. The van der Waals surface area contributed by atoms with Crippen LogP contribution in [-0.4, -0.2) is 19.1 Å². The van der Waals surface area contributed by atoms with Crippen LogP contribution in [0.1, 0.15) is 43.4 Å². The lowest BCUT2D eigenvalue weighted by Crippen LogP contribution is -2.27. The third kappa shape index (κ3) is 3.47. The number of rotatable bonds is 5. The molecule has 1 aliphatic carbocycles. The summed E-state index contributed by atoms with van der Waals surface area (Å²) in [4.78, 5) is 11.9. The van der Waals surface area contributed by atoms with E-state index in [2.05, 4.69) is 5.32 Å². The molecule has 4 nitrogen and oxygen atoms in total. The van der Waals surface area contributed by atoms with Gasteiger partial charge >= 0.3 is 0 Å². The predicted octanol–water partition coefficient (Wildman–Crippen LogP) is 2.19. The van der Waals surface area contributed by atoms with Crippen molar-refractivity contribution < 1.29 is 9.53 Å². The van der Waals surface area contributed by atoms with Gasteiger partial charge in [-0.25, -0.2) is 0 Å². The predicted molar refractivity (Wildman–Crippen MR) is 75.8 cm³/mol. The Morgan fingerprint density at radius 2 is 2.37 bits per heavy atom. The average Bonchev–Trinajstić information content (AvgIpc) is 2.78. The number of anilines is 1. The first-order chi connectivity index (χ1) is 9.10. The van der Waals surface area contributed by atoms with E-state index in [1.807, 2.05) is 25.1 Å². The summed E-state index contributed by atoms with van der Waals surface area (Å²) in [6, 6.07) is 6.08. The van der Waals surface area contributed by atoms with Gasteiger partial charge in [0.2, 0.25) is 5.91 Å². The van der Waals surface area contributed by atoms with Crippen molar-refractivity contribution in [1.82, 2.24) is 5.32 Å². The number of nitrogens with two attached hydrogens (primary N) is 1. The number of hydrogen-bond acceptors (Lipinski definition) is 3. The van der Waals surface area contributed by atoms with Gasteiger partial charge in [-0.15, -0.1) is 0 Å². The van der Waals surface area contributed by atoms with E-state index in [0.717, 1.165) is 24.9 Å². The number of benzene rings is 1. The zero-order valence-corrected chi connectivity index (χ0v) is 11.6. The summed E-state index contributed by atoms with van der Waals surface area (Å²) in [5.41, 5.74) is 9.03. The Balaban J connectivity index is 1.90. The van der Waals surface area contributed by atoms with E-state index in [1.165, 1.54) is 11.1 Å². The molecule has 2 unspecified atom stereocenters. The molecule has 0 aliphatic heterocycles. The van der Waals surface area contributed by atoms with Gasteiger partial charge < -0.3 is 15.8 Å². The van der Waals surface area contributed by atoms with Gasteiger partial charge in [-0.05, 0) is 49.4 Å². The highest BCUT2D eigenvalue weighted by atomic mass is 16.5. The number of fused-ring (bicyclic) bond motifs is 1. The molecule has 1 aromatic carbocycles. The molecule has 2 rings (SSSR count). The standard InChI is InChI=1S/C15H22N2O2/c1-10(19-2)3-8-15(18)17-14-7-4-11-9-12(16)5-6-13(11)14/h5-6,9-10,14H,3-4,7-8,16H2,1-2H3,(H,17,18). The van der Waals surface area contributed by atoms with Crippen molar-refractivity contribution >= 4 is 11.6 Å². The molecule has 0 aromatic heterocycles. The van der Waals surface area contributed by atoms with Crippen molar-refractivity contribution in [3.63, 3.8) is 0 Å². The first-order valence-electron chi connectivity index (χ1n) is 6.80. The minimum absolute atomic E-state index is 0.0959. The highest BCUT2D eigenvalue weighted by molar-refractivity contribution is 5.76. The van der Waals surface area contributed by atoms with E-state index in [1.54, 1.807) is 7.11 Å². The number of methoxy groups -OCH3 is 1. The normalized spacial score (nSPS) is 18.9. The maximum Gasteiger partial charge on any atom is 0.220 e.